The quantitative estimate of drug-likeness (QED) is 0.122. The van der Waals surface area contributed by atoms with Gasteiger partial charge < -0.3 is 30.5 Å². The minimum atomic E-state index is -0.854. The molecule has 0 spiro atoms. The third-order valence-corrected chi connectivity index (χ3v) is 18.3. The van der Waals surface area contributed by atoms with Crippen LogP contribution >= 0.6 is 0 Å². The van der Waals surface area contributed by atoms with Gasteiger partial charge in [-0.05, 0) is 41.7 Å². The summed E-state index contributed by atoms with van der Waals surface area (Å²) in [6, 6.07) is 0.466. The van der Waals surface area contributed by atoms with Crippen molar-refractivity contribution in [1.82, 2.24) is 69.5 Å². The third-order valence-electron chi connectivity index (χ3n) is 18.3. The van der Waals surface area contributed by atoms with Crippen LogP contribution in [0, 0.1) is 0 Å². The zero-order chi connectivity index (χ0) is 50.6. The summed E-state index contributed by atoms with van der Waals surface area (Å²) in [5.41, 5.74) is 5.40. The number of amides is 1. The van der Waals surface area contributed by atoms with E-state index in [0.717, 1.165) is 206 Å². The molecular formula is C49H98N17O5+2. The Morgan fingerprint density at radius 1 is 0.690 bits per heavy atom. The number of aliphatic carboxylic acids is 1. The molecule has 8 heterocycles. The zero-order valence-electron chi connectivity index (χ0n) is 45.4. The standard InChI is InChI=1S/C49H97N17O5/c1-8-65(62-29-19-56(20-30-62)46(70)47(4,5)50)38-33-63(34-39-65)66(40-42-71-7)36-31-61(32-37-66)64-10-9-51-48(57-21-11-52(6)12-22-57,58-23-15-54(16-24-58)43-45(68)69)49(64,59-25-13-53(14-26-59)35-41-67)60-27-17-55(18-28-60)44(2)3/h44,67H,8-43,50H2,1-7H3/q+1/p+1. The molecule has 2 unspecified atom stereocenters. The summed E-state index contributed by atoms with van der Waals surface area (Å²) in [6.07, 6.45) is 0. The molecule has 22 heteroatoms. The van der Waals surface area contributed by atoms with E-state index in [4.69, 9.17) is 15.8 Å². The molecule has 8 aliphatic rings. The largest absolute Gasteiger partial charge is 0.480 e. The number of carbonyl (C=O) groups is 2. The van der Waals surface area contributed by atoms with Crippen LogP contribution in [0.25, 0.3) is 0 Å². The first-order chi connectivity index (χ1) is 34.1. The molecule has 8 rings (SSSR count). The van der Waals surface area contributed by atoms with Crippen LogP contribution in [0.5, 0.6) is 0 Å². The molecule has 8 saturated heterocycles. The number of β-amino-alcohol motifs (C(OH)–C–C–N with tert-alkyl or cyclic N) is 1. The number of aliphatic hydroxyl groups excluding tert-OH is 1. The van der Waals surface area contributed by atoms with Crippen LogP contribution in [0.15, 0.2) is 0 Å². The van der Waals surface area contributed by atoms with Gasteiger partial charge in [-0.2, -0.15) is 10.3 Å². The Morgan fingerprint density at radius 3 is 1.73 bits per heavy atom. The molecule has 0 bridgehead atoms. The number of carbonyl (C=O) groups excluding carboxylic acids is 1. The summed E-state index contributed by atoms with van der Waals surface area (Å²) in [7, 11) is 4.10. The molecule has 8 fully saturated rings. The second-order valence-corrected chi connectivity index (χ2v) is 22.9. The van der Waals surface area contributed by atoms with E-state index in [-0.39, 0.29) is 19.1 Å². The number of quaternary nitrogens is 2. The fourth-order valence-electron chi connectivity index (χ4n) is 14.1. The molecular weight excluding hydrogens is 907 g/mol. The number of ether oxygens (including phenoxy) is 1. The van der Waals surface area contributed by atoms with Crippen LogP contribution in [0.4, 0.5) is 0 Å². The lowest BCUT2D eigenvalue weighted by Gasteiger charge is -2.73. The highest BCUT2D eigenvalue weighted by Gasteiger charge is 2.71. The molecule has 2 atom stereocenters. The molecule has 0 saturated carbocycles. The van der Waals surface area contributed by atoms with Crippen molar-refractivity contribution in [2.75, 3.05) is 250 Å². The number of rotatable bonds is 17. The highest BCUT2D eigenvalue weighted by atomic mass is 16.5. The molecule has 0 aromatic carbocycles. The molecule has 4 N–H and O–H groups in total. The van der Waals surface area contributed by atoms with Crippen molar-refractivity contribution in [3.63, 3.8) is 0 Å². The number of piperazine rings is 8. The van der Waals surface area contributed by atoms with Crippen LogP contribution in [0.3, 0.4) is 0 Å². The Balaban J connectivity index is 1.12. The molecule has 8 aliphatic heterocycles. The second kappa shape index (κ2) is 23.6. The van der Waals surface area contributed by atoms with E-state index in [1.807, 2.05) is 25.9 Å². The Labute approximate surface area is 427 Å². The van der Waals surface area contributed by atoms with E-state index in [9.17, 15) is 19.8 Å². The molecule has 0 aliphatic carbocycles. The first-order valence-electron chi connectivity index (χ1n) is 27.8. The van der Waals surface area contributed by atoms with E-state index in [1.54, 1.807) is 0 Å². The Bertz CT molecular complexity index is 1690. The number of hydrogen-bond acceptors (Lipinski definition) is 17. The topological polar surface area (TPSA) is 166 Å². The maximum atomic E-state index is 13.1. The van der Waals surface area contributed by atoms with Crippen LogP contribution in [-0.2, 0) is 14.3 Å². The summed E-state index contributed by atoms with van der Waals surface area (Å²) >= 11 is 0. The molecule has 71 heavy (non-hydrogen) atoms. The number of carboxylic acid groups (broad SMARTS) is 1. The Hall–Kier alpha value is -1.78. The second-order valence-electron chi connectivity index (χ2n) is 22.9. The highest BCUT2D eigenvalue weighted by molar-refractivity contribution is 5.85. The van der Waals surface area contributed by atoms with Crippen LogP contribution in [-0.4, -0.2) is 368 Å². The summed E-state index contributed by atoms with van der Waals surface area (Å²) in [5, 5.41) is 37.3. The number of hydrogen-bond donors (Lipinski definition) is 3. The number of nitrogens with zero attached hydrogens (tertiary/aromatic N) is 16. The van der Waals surface area contributed by atoms with E-state index < -0.39 is 23.1 Å². The van der Waals surface area contributed by atoms with Crippen LogP contribution < -0.4 is 11.1 Å². The zero-order valence-corrected chi connectivity index (χ0v) is 45.4. The number of carboxylic acids is 1. The van der Waals surface area contributed by atoms with Gasteiger partial charge in [-0.3, -0.25) is 43.9 Å². The van der Waals surface area contributed by atoms with Crippen LogP contribution in [0.2, 0.25) is 0 Å². The van der Waals surface area contributed by atoms with Gasteiger partial charge in [-0.25, -0.2) is 19.2 Å². The van der Waals surface area contributed by atoms with Crippen molar-refractivity contribution < 1.29 is 33.7 Å². The lowest BCUT2D eigenvalue weighted by Crippen LogP contribution is -2.96. The van der Waals surface area contributed by atoms with Crippen molar-refractivity contribution >= 4 is 11.9 Å². The van der Waals surface area contributed by atoms with Gasteiger partial charge in [-0.15, -0.1) is 5.01 Å². The van der Waals surface area contributed by atoms with Gasteiger partial charge >= 0.3 is 5.97 Å². The number of methoxy groups -OCH3 is 1. The molecule has 22 nitrogen and oxygen atoms in total. The lowest BCUT2D eigenvalue weighted by molar-refractivity contribution is -1.08. The molecule has 407 valence electrons. The average molecular weight is 1010 g/mol. The predicted molar refractivity (Wildman–Crippen MR) is 274 cm³/mol. The van der Waals surface area contributed by atoms with Gasteiger partial charge in [0, 0.05) is 151 Å². The molecule has 0 aromatic rings. The summed E-state index contributed by atoms with van der Waals surface area (Å²) in [6.45, 7) is 40.9. The minimum absolute atomic E-state index is 0.0418. The predicted octanol–water partition coefficient (Wildman–Crippen LogP) is -3.64. The molecule has 0 aromatic heterocycles. The maximum Gasteiger partial charge on any atom is 0.317 e. The summed E-state index contributed by atoms with van der Waals surface area (Å²) in [4.78, 5) is 48.0. The molecule has 1 amide bonds. The highest BCUT2D eigenvalue weighted by Crippen LogP contribution is 2.47. The SMILES string of the molecule is CC[N+]1(N2CCN(C(=O)C(C)(C)N)CC2)CCN([N+]2(CCOC)CCN(N3CC[N]C(N4CCN(C)CC4)(N4CCN(CC(=O)O)CC4)C3(N3CCN(CCO)CC3)N3CCN(C(C)C)CC3)CC2)CC1. The number of nitrogens with two attached hydrogens (primary N) is 1. The monoisotopic (exact) mass is 1000 g/mol. The fourth-order valence-corrected chi connectivity index (χ4v) is 14.1. The van der Waals surface area contributed by atoms with E-state index >= 15 is 0 Å². The van der Waals surface area contributed by atoms with Crippen LogP contribution in [0.1, 0.15) is 34.6 Å². The normalized spacial score (nSPS) is 31.4. The van der Waals surface area contributed by atoms with Gasteiger partial charge in [0.25, 0.3) is 0 Å². The average Bonchev–Trinajstić information content (AvgIpc) is 3.38. The van der Waals surface area contributed by atoms with Crippen molar-refractivity contribution in [1.29, 1.82) is 0 Å². The van der Waals surface area contributed by atoms with Gasteiger partial charge in [0.2, 0.25) is 5.91 Å². The van der Waals surface area contributed by atoms with Crippen molar-refractivity contribution in [3.05, 3.63) is 0 Å². The fraction of sp³-hybridized carbons (Fsp3) is 0.959. The minimum Gasteiger partial charge on any atom is -0.480 e. The van der Waals surface area contributed by atoms with Crippen molar-refractivity contribution in [2.24, 2.45) is 5.73 Å². The lowest BCUT2D eigenvalue weighted by atomic mass is 9.93. The Kier molecular flexibility index (Phi) is 18.5. The number of hydrazine groups is 1. The first-order valence-corrected chi connectivity index (χ1v) is 27.8. The van der Waals surface area contributed by atoms with E-state index in [2.05, 4.69) is 87.1 Å². The first kappa shape index (κ1) is 55.5. The van der Waals surface area contributed by atoms with Crippen molar-refractivity contribution in [3.8, 4) is 0 Å². The molecule has 1 radical (unpaired) electrons. The van der Waals surface area contributed by atoms with Gasteiger partial charge in [0.15, 0.2) is 11.6 Å². The summed E-state index contributed by atoms with van der Waals surface area (Å²) < 4.78 is 7.83. The number of likely N-dealkylation sites (N-methyl/N-ethyl adjacent to an activating group) is 2. The smallest absolute Gasteiger partial charge is 0.317 e. The van der Waals surface area contributed by atoms with Gasteiger partial charge in [0.05, 0.1) is 71.1 Å². The Morgan fingerprint density at radius 2 is 1.21 bits per heavy atom. The number of aliphatic hydroxyl groups is 1. The van der Waals surface area contributed by atoms with Gasteiger partial charge in [-0.1, -0.05) is 0 Å². The maximum absolute atomic E-state index is 13.1. The van der Waals surface area contributed by atoms with Gasteiger partial charge in [0.1, 0.15) is 32.7 Å². The third kappa shape index (κ3) is 11.2. The van der Waals surface area contributed by atoms with E-state index in [1.165, 1.54) is 0 Å². The van der Waals surface area contributed by atoms with E-state index in [0.29, 0.717) is 32.3 Å². The van der Waals surface area contributed by atoms with Crippen molar-refractivity contribution in [2.45, 2.75) is 57.8 Å². The summed E-state index contributed by atoms with van der Waals surface area (Å²) in [5.74, 6) is -2.10.